The van der Waals surface area contributed by atoms with Gasteiger partial charge in [0.15, 0.2) is 20.8 Å². The molecule has 7 nitrogen and oxygen atoms in total. The molecule has 0 radical (unpaired) electrons. The van der Waals surface area contributed by atoms with Gasteiger partial charge in [0, 0.05) is 23.8 Å². The molecule has 0 bridgehead atoms. The van der Waals surface area contributed by atoms with Crippen LogP contribution in [0.1, 0.15) is 39.7 Å². The van der Waals surface area contributed by atoms with E-state index < -0.39 is 9.84 Å². The minimum absolute atomic E-state index is 0.0478. The molecule has 2 heterocycles. The highest BCUT2D eigenvalue weighted by Crippen LogP contribution is 2.30. The van der Waals surface area contributed by atoms with E-state index in [-0.39, 0.29) is 34.6 Å². The zero-order valence-electron chi connectivity index (χ0n) is 20.6. The largest absolute Gasteiger partial charge is 0.338 e. The molecule has 1 unspecified atom stereocenters. The Hall–Kier alpha value is -2.65. The van der Waals surface area contributed by atoms with Gasteiger partial charge in [-0.1, -0.05) is 75.0 Å². The minimum atomic E-state index is -3.06. The van der Waals surface area contributed by atoms with E-state index in [2.05, 4.69) is 55.2 Å². The summed E-state index contributed by atoms with van der Waals surface area (Å²) in [6, 6.07) is 18.0. The Bertz CT molecular complexity index is 1280. The fraction of sp³-hybridized carbons (Fsp3) is 0.423. The molecule has 1 aromatic heterocycles. The summed E-state index contributed by atoms with van der Waals surface area (Å²) < 4.78 is 25.8. The SMILES string of the molecule is CCN(C(=O)CSc1nnc(-c2ccc(C(C)(C)C)cc2)n1-c1ccccc1)C1CCS(=O)(=O)C1. The van der Waals surface area contributed by atoms with Crippen LogP contribution in [0.2, 0.25) is 0 Å². The van der Waals surface area contributed by atoms with Crippen molar-refractivity contribution in [3.8, 4) is 17.1 Å². The number of nitrogens with zero attached hydrogens (tertiary/aromatic N) is 4. The number of rotatable bonds is 7. The van der Waals surface area contributed by atoms with Gasteiger partial charge in [0.05, 0.1) is 17.3 Å². The summed E-state index contributed by atoms with van der Waals surface area (Å²) in [5.41, 5.74) is 3.15. The second-order valence-electron chi connectivity index (χ2n) is 9.83. The van der Waals surface area contributed by atoms with Crippen LogP contribution < -0.4 is 0 Å². The van der Waals surface area contributed by atoms with Gasteiger partial charge in [0.25, 0.3) is 0 Å². The van der Waals surface area contributed by atoms with Crippen LogP contribution >= 0.6 is 11.8 Å². The van der Waals surface area contributed by atoms with Crippen LogP contribution in [-0.4, -0.2) is 63.8 Å². The molecule has 9 heteroatoms. The van der Waals surface area contributed by atoms with Gasteiger partial charge in [-0.2, -0.15) is 0 Å². The predicted octanol–water partition coefficient (Wildman–Crippen LogP) is 4.36. The molecule has 0 N–H and O–H groups in total. The van der Waals surface area contributed by atoms with Gasteiger partial charge < -0.3 is 4.90 Å². The van der Waals surface area contributed by atoms with Gasteiger partial charge >= 0.3 is 0 Å². The smallest absolute Gasteiger partial charge is 0.233 e. The predicted molar refractivity (Wildman–Crippen MR) is 141 cm³/mol. The summed E-state index contributed by atoms with van der Waals surface area (Å²) >= 11 is 1.32. The van der Waals surface area contributed by atoms with E-state index in [4.69, 9.17) is 0 Å². The quantitative estimate of drug-likeness (QED) is 0.437. The number of amides is 1. The molecule has 1 saturated heterocycles. The highest BCUT2D eigenvalue weighted by atomic mass is 32.2. The average Bonchev–Trinajstić information content (AvgIpc) is 3.41. The number of aromatic nitrogens is 3. The molecule has 2 aromatic carbocycles. The highest BCUT2D eigenvalue weighted by Gasteiger charge is 2.34. The third-order valence-electron chi connectivity index (χ3n) is 6.29. The van der Waals surface area contributed by atoms with Crippen molar-refractivity contribution in [3.63, 3.8) is 0 Å². The number of carbonyl (C=O) groups excluding carboxylic acids is 1. The van der Waals surface area contributed by atoms with Crippen LogP contribution in [-0.2, 0) is 20.0 Å². The molecule has 3 aromatic rings. The van der Waals surface area contributed by atoms with Crippen LogP contribution in [0, 0.1) is 0 Å². The lowest BCUT2D eigenvalue weighted by Crippen LogP contribution is -2.42. The number of hydrogen-bond donors (Lipinski definition) is 0. The Morgan fingerprint density at radius 3 is 2.34 bits per heavy atom. The summed E-state index contributed by atoms with van der Waals surface area (Å²) in [4.78, 5) is 14.7. The van der Waals surface area contributed by atoms with Gasteiger partial charge in [-0.15, -0.1) is 10.2 Å². The van der Waals surface area contributed by atoms with Crippen molar-refractivity contribution in [2.24, 2.45) is 0 Å². The maximum atomic E-state index is 13.1. The van der Waals surface area contributed by atoms with Crippen molar-refractivity contribution in [2.75, 3.05) is 23.8 Å². The van der Waals surface area contributed by atoms with Gasteiger partial charge in [-0.25, -0.2) is 8.42 Å². The molecule has 35 heavy (non-hydrogen) atoms. The van der Waals surface area contributed by atoms with Crippen molar-refractivity contribution in [3.05, 3.63) is 60.2 Å². The van der Waals surface area contributed by atoms with E-state index in [1.165, 1.54) is 17.3 Å². The number of thioether (sulfide) groups is 1. The van der Waals surface area contributed by atoms with Crippen molar-refractivity contribution in [1.29, 1.82) is 0 Å². The second-order valence-corrected chi connectivity index (χ2v) is 13.0. The molecular formula is C26H32N4O3S2. The standard InChI is InChI=1S/C26H32N4O3S2/c1-5-29(22-15-16-35(32,33)18-22)23(31)17-34-25-28-27-24(30(25)21-9-7-6-8-10-21)19-11-13-20(14-12-19)26(2,3)4/h6-14,22H,5,15-18H2,1-4H3. The molecule has 1 aliphatic rings. The van der Waals surface area contributed by atoms with E-state index in [0.717, 1.165) is 11.3 Å². The van der Waals surface area contributed by atoms with E-state index in [1.54, 1.807) is 4.90 Å². The van der Waals surface area contributed by atoms with Crippen LogP contribution in [0.25, 0.3) is 17.1 Å². The molecule has 1 fully saturated rings. The van der Waals surface area contributed by atoms with Crippen LogP contribution in [0.4, 0.5) is 0 Å². The van der Waals surface area contributed by atoms with Gasteiger partial charge in [-0.3, -0.25) is 9.36 Å². The second kappa shape index (κ2) is 10.1. The lowest BCUT2D eigenvalue weighted by molar-refractivity contribution is -0.129. The number of hydrogen-bond acceptors (Lipinski definition) is 6. The van der Waals surface area contributed by atoms with Crippen molar-refractivity contribution >= 4 is 27.5 Å². The zero-order valence-corrected chi connectivity index (χ0v) is 22.3. The molecule has 186 valence electrons. The maximum absolute atomic E-state index is 13.1. The molecule has 0 saturated carbocycles. The number of sulfone groups is 1. The summed E-state index contributed by atoms with van der Waals surface area (Å²) in [5, 5.41) is 9.53. The fourth-order valence-corrected chi connectivity index (χ4v) is 6.92. The molecule has 0 aliphatic carbocycles. The minimum Gasteiger partial charge on any atom is -0.338 e. The zero-order chi connectivity index (χ0) is 25.2. The third-order valence-corrected chi connectivity index (χ3v) is 8.96. The number of para-hydroxylation sites is 1. The van der Waals surface area contributed by atoms with E-state index >= 15 is 0 Å². The first-order valence-electron chi connectivity index (χ1n) is 11.8. The third kappa shape index (κ3) is 5.78. The van der Waals surface area contributed by atoms with Gasteiger partial charge in [-0.05, 0) is 36.5 Å². The van der Waals surface area contributed by atoms with Gasteiger partial charge in [0.1, 0.15) is 0 Å². The Morgan fingerprint density at radius 2 is 1.77 bits per heavy atom. The van der Waals surface area contributed by atoms with Crippen molar-refractivity contribution in [2.45, 2.75) is 50.7 Å². The van der Waals surface area contributed by atoms with E-state index in [0.29, 0.717) is 23.9 Å². The fourth-order valence-electron chi connectivity index (χ4n) is 4.35. The first-order chi connectivity index (χ1) is 16.6. The maximum Gasteiger partial charge on any atom is 0.233 e. The normalized spacial score (nSPS) is 17.4. The molecule has 0 spiro atoms. The Morgan fingerprint density at radius 1 is 1.09 bits per heavy atom. The van der Waals surface area contributed by atoms with E-state index in [1.807, 2.05) is 41.8 Å². The van der Waals surface area contributed by atoms with Crippen molar-refractivity contribution in [1.82, 2.24) is 19.7 Å². The highest BCUT2D eigenvalue weighted by molar-refractivity contribution is 7.99. The van der Waals surface area contributed by atoms with Crippen molar-refractivity contribution < 1.29 is 13.2 Å². The van der Waals surface area contributed by atoms with E-state index in [9.17, 15) is 13.2 Å². The average molecular weight is 513 g/mol. The molecule has 1 atom stereocenters. The molecular weight excluding hydrogens is 480 g/mol. The Balaban J connectivity index is 1.60. The van der Waals surface area contributed by atoms with Crippen LogP contribution in [0.5, 0.6) is 0 Å². The Kier molecular flexibility index (Phi) is 7.38. The summed E-state index contributed by atoms with van der Waals surface area (Å²) in [7, 11) is -3.06. The first kappa shape index (κ1) is 25.4. The molecule has 1 amide bonds. The molecule has 4 rings (SSSR count). The van der Waals surface area contributed by atoms with Gasteiger partial charge in [0.2, 0.25) is 5.91 Å². The summed E-state index contributed by atoms with van der Waals surface area (Å²) in [5.74, 6) is 0.984. The topological polar surface area (TPSA) is 85.2 Å². The lowest BCUT2D eigenvalue weighted by atomic mass is 9.87. The number of benzene rings is 2. The lowest BCUT2D eigenvalue weighted by Gasteiger charge is -2.26. The summed E-state index contributed by atoms with van der Waals surface area (Å²) in [6.07, 6.45) is 0.501. The molecule has 1 aliphatic heterocycles. The summed E-state index contributed by atoms with van der Waals surface area (Å²) in [6.45, 7) is 8.91. The Labute approximate surface area is 211 Å². The monoisotopic (exact) mass is 512 g/mol. The first-order valence-corrected chi connectivity index (χ1v) is 14.6. The van der Waals surface area contributed by atoms with Crippen LogP contribution in [0.15, 0.2) is 59.8 Å². The van der Waals surface area contributed by atoms with Crippen LogP contribution in [0.3, 0.4) is 0 Å². The number of carbonyl (C=O) groups is 1.